The lowest BCUT2D eigenvalue weighted by atomic mass is 10.1. The van der Waals surface area contributed by atoms with Gasteiger partial charge in [0.15, 0.2) is 0 Å². The summed E-state index contributed by atoms with van der Waals surface area (Å²) in [5.41, 5.74) is 1.26. The number of rotatable bonds is 5. The number of methoxy groups -OCH3 is 1. The van der Waals surface area contributed by atoms with Gasteiger partial charge in [0.25, 0.3) is 0 Å². The third-order valence-corrected chi connectivity index (χ3v) is 3.48. The molecule has 1 heterocycles. The van der Waals surface area contributed by atoms with E-state index < -0.39 is 12.1 Å². The Bertz CT molecular complexity index is 518. The summed E-state index contributed by atoms with van der Waals surface area (Å²) in [7, 11) is 1.59. The fourth-order valence-electron chi connectivity index (χ4n) is 2.27. The number of aliphatic carboxylic acids is 1. The highest BCUT2D eigenvalue weighted by atomic mass is 35.5. The summed E-state index contributed by atoms with van der Waals surface area (Å²) in [5.74, 6) is -0.133. The molecule has 116 valence electrons. The van der Waals surface area contributed by atoms with E-state index in [2.05, 4.69) is 0 Å². The van der Waals surface area contributed by atoms with E-state index in [9.17, 15) is 9.90 Å². The maximum absolute atomic E-state index is 10.8. The van der Waals surface area contributed by atoms with Crippen molar-refractivity contribution < 1.29 is 19.7 Å². The quantitative estimate of drug-likeness (QED) is 0.868. The first-order valence-electron chi connectivity index (χ1n) is 6.57. The number of ether oxygens (including phenoxy) is 1. The zero-order chi connectivity index (χ0) is 14.5. The molecule has 21 heavy (non-hydrogen) atoms. The van der Waals surface area contributed by atoms with Crippen LogP contribution in [0, 0.1) is 0 Å². The monoisotopic (exact) mass is 313 g/mol. The fraction of sp³-hybridized carbons (Fsp3) is 0.400. The van der Waals surface area contributed by atoms with E-state index in [1.54, 1.807) is 13.2 Å². The average molecular weight is 314 g/mol. The minimum absolute atomic E-state index is 0. The molecule has 0 aromatic heterocycles. The van der Waals surface area contributed by atoms with Crippen molar-refractivity contribution >= 4 is 18.4 Å². The first-order chi connectivity index (χ1) is 9.60. The summed E-state index contributed by atoms with van der Waals surface area (Å²) in [6.45, 7) is 1.69. The van der Waals surface area contributed by atoms with E-state index in [0.717, 1.165) is 5.56 Å². The van der Waals surface area contributed by atoms with Gasteiger partial charge in [0.1, 0.15) is 5.75 Å². The zero-order valence-corrected chi connectivity index (χ0v) is 12.7. The SMILES string of the molecule is COc1cccc(C(O)CN2CC=C(C(=O)O)CC2)c1.Cl. The molecule has 6 heteroatoms. The predicted molar refractivity (Wildman–Crippen MR) is 82.0 cm³/mol. The van der Waals surface area contributed by atoms with Crippen LogP contribution in [0.4, 0.5) is 0 Å². The Balaban J connectivity index is 0.00000220. The van der Waals surface area contributed by atoms with Gasteiger partial charge in [-0.1, -0.05) is 18.2 Å². The molecule has 0 bridgehead atoms. The van der Waals surface area contributed by atoms with Crippen molar-refractivity contribution in [2.45, 2.75) is 12.5 Å². The summed E-state index contributed by atoms with van der Waals surface area (Å²) in [6.07, 6.45) is 1.62. The van der Waals surface area contributed by atoms with Crippen LogP contribution in [-0.2, 0) is 4.79 Å². The van der Waals surface area contributed by atoms with Gasteiger partial charge in [-0.15, -0.1) is 12.4 Å². The highest BCUT2D eigenvalue weighted by Crippen LogP contribution is 2.21. The number of β-amino-alcohol motifs (C(OH)–C–C–N with tert-alkyl or cyclic N) is 1. The Labute approximate surface area is 130 Å². The van der Waals surface area contributed by atoms with Gasteiger partial charge in [-0.05, 0) is 24.1 Å². The number of halogens is 1. The van der Waals surface area contributed by atoms with Crippen LogP contribution in [0.15, 0.2) is 35.9 Å². The molecule has 0 radical (unpaired) electrons. The normalized spacial score (nSPS) is 16.6. The summed E-state index contributed by atoms with van der Waals surface area (Å²) >= 11 is 0. The highest BCUT2D eigenvalue weighted by molar-refractivity contribution is 5.86. The summed E-state index contributed by atoms with van der Waals surface area (Å²) in [6, 6.07) is 7.35. The number of carbonyl (C=O) groups is 1. The van der Waals surface area contributed by atoms with Gasteiger partial charge in [-0.25, -0.2) is 4.79 Å². The lowest BCUT2D eigenvalue weighted by molar-refractivity contribution is -0.133. The third kappa shape index (κ3) is 4.74. The standard InChI is InChI=1S/C15H19NO4.ClH/c1-20-13-4-2-3-12(9-13)14(17)10-16-7-5-11(6-8-16)15(18)19;/h2-5,9,14,17H,6-8,10H2,1H3,(H,18,19);1H. The zero-order valence-electron chi connectivity index (χ0n) is 11.9. The molecule has 1 aliphatic heterocycles. The van der Waals surface area contributed by atoms with Crippen LogP contribution < -0.4 is 4.74 Å². The van der Waals surface area contributed by atoms with Crippen molar-refractivity contribution in [1.29, 1.82) is 0 Å². The van der Waals surface area contributed by atoms with Gasteiger partial charge in [0.2, 0.25) is 0 Å². The Hall–Kier alpha value is -1.56. The Morgan fingerprint density at radius 2 is 2.24 bits per heavy atom. The number of hydrogen-bond donors (Lipinski definition) is 2. The van der Waals surface area contributed by atoms with Crippen molar-refractivity contribution in [3.63, 3.8) is 0 Å². The van der Waals surface area contributed by atoms with Gasteiger partial charge >= 0.3 is 5.97 Å². The molecule has 1 aliphatic rings. The molecule has 1 unspecified atom stereocenters. The molecule has 0 saturated heterocycles. The molecule has 0 saturated carbocycles. The van der Waals surface area contributed by atoms with Crippen LogP contribution in [-0.4, -0.2) is 47.8 Å². The minimum atomic E-state index is -0.849. The van der Waals surface area contributed by atoms with E-state index in [1.807, 2.05) is 29.2 Å². The minimum Gasteiger partial charge on any atom is -0.497 e. The number of aliphatic hydroxyl groups excluding tert-OH is 1. The van der Waals surface area contributed by atoms with Crippen LogP contribution in [0.3, 0.4) is 0 Å². The van der Waals surface area contributed by atoms with Crippen LogP contribution in [0.25, 0.3) is 0 Å². The van der Waals surface area contributed by atoms with E-state index >= 15 is 0 Å². The number of benzene rings is 1. The fourth-order valence-corrected chi connectivity index (χ4v) is 2.27. The van der Waals surface area contributed by atoms with Crippen molar-refractivity contribution in [3.8, 4) is 5.75 Å². The maximum atomic E-state index is 10.8. The molecule has 1 aromatic carbocycles. The van der Waals surface area contributed by atoms with Crippen molar-refractivity contribution in [2.75, 3.05) is 26.7 Å². The lowest BCUT2D eigenvalue weighted by Gasteiger charge is -2.27. The second kappa shape index (κ2) is 8.02. The van der Waals surface area contributed by atoms with Gasteiger partial charge in [-0.3, -0.25) is 4.90 Å². The van der Waals surface area contributed by atoms with Crippen LogP contribution in [0.1, 0.15) is 18.1 Å². The molecule has 0 aliphatic carbocycles. The molecular formula is C15H20ClNO4. The summed E-state index contributed by atoms with van der Waals surface area (Å²) in [5, 5.41) is 19.1. The molecule has 1 aromatic rings. The van der Waals surface area contributed by atoms with Crippen LogP contribution in [0.5, 0.6) is 5.75 Å². The Morgan fingerprint density at radius 1 is 1.48 bits per heavy atom. The second-order valence-electron chi connectivity index (χ2n) is 4.84. The van der Waals surface area contributed by atoms with Gasteiger partial charge in [0.05, 0.1) is 13.2 Å². The van der Waals surface area contributed by atoms with Gasteiger partial charge in [0, 0.05) is 25.2 Å². The van der Waals surface area contributed by atoms with Crippen molar-refractivity contribution in [2.24, 2.45) is 0 Å². The van der Waals surface area contributed by atoms with Gasteiger partial charge < -0.3 is 14.9 Å². The number of carboxylic acids is 1. The van der Waals surface area contributed by atoms with E-state index in [0.29, 0.717) is 37.4 Å². The first-order valence-corrected chi connectivity index (χ1v) is 6.57. The lowest BCUT2D eigenvalue weighted by Crippen LogP contribution is -2.33. The molecule has 5 nitrogen and oxygen atoms in total. The number of nitrogens with zero attached hydrogens (tertiary/aromatic N) is 1. The molecular weight excluding hydrogens is 294 g/mol. The third-order valence-electron chi connectivity index (χ3n) is 3.48. The largest absolute Gasteiger partial charge is 0.497 e. The van der Waals surface area contributed by atoms with E-state index in [1.165, 1.54) is 0 Å². The highest BCUT2D eigenvalue weighted by Gasteiger charge is 2.19. The van der Waals surface area contributed by atoms with Crippen molar-refractivity contribution in [3.05, 3.63) is 41.5 Å². The maximum Gasteiger partial charge on any atom is 0.331 e. The summed E-state index contributed by atoms with van der Waals surface area (Å²) < 4.78 is 5.14. The average Bonchev–Trinajstić information content (AvgIpc) is 2.47. The molecule has 2 N–H and O–H groups in total. The first kappa shape index (κ1) is 17.5. The number of aliphatic hydroxyl groups is 1. The molecule has 2 rings (SSSR count). The van der Waals surface area contributed by atoms with Crippen molar-refractivity contribution in [1.82, 2.24) is 4.90 Å². The molecule has 0 spiro atoms. The number of carboxylic acid groups (broad SMARTS) is 1. The van der Waals surface area contributed by atoms with Crippen LogP contribution >= 0.6 is 12.4 Å². The molecule has 1 atom stereocenters. The number of hydrogen-bond acceptors (Lipinski definition) is 4. The summed E-state index contributed by atoms with van der Waals surface area (Å²) in [4.78, 5) is 12.9. The predicted octanol–water partition coefficient (Wildman–Crippen LogP) is 1.87. The second-order valence-corrected chi connectivity index (χ2v) is 4.84. The van der Waals surface area contributed by atoms with Crippen LogP contribution in [0.2, 0.25) is 0 Å². The smallest absolute Gasteiger partial charge is 0.331 e. The topological polar surface area (TPSA) is 70.0 Å². The van der Waals surface area contributed by atoms with Gasteiger partial charge in [-0.2, -0.15) is 0 Å². The molecule has 0 fully saturated rings. The Kier molecular flexibility index (Phi) is 6.68. The van der Waals surface area contributed by atoms with E-state index in [-0.39, 0.29) is 12.4 Å². The molecule has 0 amide bonds. The Morgan fingerprint density at radius 3 is 2.81 bits per heavy atom. The van der Waals surface area contributed by atoms with E-state index in [4.69, 9.17) is 9.84 Å².